The molecule has 0 spiro atoms. The number of furan rings is 1. The SMILES string of the molecule is Cc1occc1CN(C)CC(=O)c1ccc(Br)s1. The zero-order valence-corrected chi connectivity index (χ0v) is 12.7. The molecule has 2 aromatic heterocycles. The highest BCUT2D eigenvalue weighted by atomic mass is 79.9. The first-order valence-electron chi connectivity index (χ1n) is 5.56. The molecule has 2 aromatic rings. The largest absolute Gasteiger partial charge is 0.469 e. The summed E-state index contributed by atoms with van der Waals surface area (Å²) in [4.78, 5) is 14.8. The van der Waals surface area contributed by atoms with Crippen LogP contribution in [0.2, 0.25) is 0 Å². The molecule has 0 radical (unpaired) electrons. The Bertz CT molecular complexity index is 547. The lowest BCUT2D eigenvalue weighted by Gasteiger charge is -2.14. The Kier molecular flexibility index (Phi) is 4.37. The third-order valence-corrected chi connectivity index (χ3v) is 4.33. The fourth-order valence-electron chi connectivity index (χ4n) is 1.71. The van der Waals surface area contributed by atoms with Gasteiger partial charge in [0, 0.05) is 12.1 Å². The predicted molar refractivity (Wildman–Crippen MR) is 76.1 cm³/mol. The van der Waals surface area contributed by atoms with Gasteiger partial charge >= 0.3 is 0 Å². The van der Waals surface area contributed by atoms with E-state index in [0.29, 0.717) is 6.54 Å². The minimum Gasteiger partial charge on any atom is -0.469 e. The maximum atomic E-state index is 12.0. The minimum absolute atomic E-state index is 0.148. The van der Waals surface area contributed by atoms with Crippen molar-refractivity contribution in [3.8, 4) is 0 Å². The molecule has 0 saturated heterocycles. The summed E-state index contributed by atoms with van der Waals surface area (Å²) in [6, 6.07) is 5.70. The first-order chi connectivity index (χ1) is 8.56. The van der Waals surface area contributed by atoms with Crippen molar-refractivity contribution < 1.29 is 9.21 Å². The van der Waals surface area contributed by atoms with Crippen LogP contribution in [0.1, 0.15) is 21.0 Å². The van der Waals surface area contributed by atoms with E-state index in [4.69, 9.17) is 4.42 Å². The zero-order valence-electron chi connectivity index (χ0n) is 10.3. The standard InChI is InChI=1S/C13H14BrNO2S/c1-9-10(5-6-17-9)7-15(2)8-11(16)12-3-4-13(14)18-12/h3-6H,7-8H2,1-2H3. The summed E-state index contributed by atoms with van der Waals surface area (Å²) in [6.07, 6.45) is 1.68. The minimum atomic E-state index is 0.148. The van der Waals surface area contributed by atoms with Crippen LogP contribution in [0.15, 0.2) is 32.7 Å². The van der Waals surface area contributed by atoms with E-state index in [-0.39, 0.29) is 5.78 Å². The van der Waals surface area contributed by atoms with Gasteiger partial charge < -0.3 is 4.42 Å². The van der Waals surface area contributed by atoms with Crippen molar-refractivity contribution in [1.29, 1.82) is 0 Å². The highest BCUT2D eigenvalue weighted by Gasteiger charge is 2.13. The molecule has 0 aromatic carbocycles. The van der Waals surface area contributed by atoms with Crippen LogP contribution in [0, 0.1) is 6.92 Å². The molecule has 0 atom stereocenters. The normalized spacial score (nSPS) is 11.1. The van der Waals surface area contributed by atoms with E-state index in [1.54, 1.807) is 6.26 Å². The van der Waals surface area contributed by atoms with Gasteiger partial charge in [-0.25, -0.2) is 0 Å². The number of aryl methyl sites for hydroxylation is 1. The van der Waals surface area contributed by atoms with E-state index in [9.17, 15) is 4.79 Å². The number of carbonyl (C=O) groups is 1. The fourth-order valence-corrected chi connectivity index (χ4v) is 3.03. The summed E-state index contributed by atoms with van der Waals surface area (Å²) in [5.41, 5.74) is 1.12. The lowest BCUT2D eigenvalue weighted by Crippen LogP contribution is -2.25. The molecule has 0 amide bonds. The summed E-state index contributed by atoms with van der Waals surface area (Å²) in [5.74, 6) is 1.06. The van der Waals surface area contributed by atoms with E-state index < -0.39 is 0 Å². The number of nitrogens with zero attached hydrogens (tertiary/aromatic N) is 1. The van der Waals surface area contributed by atoms with Gasteiger partial charge in [0.15, 0.2) is 5.78 Å². The lowest BCUT2D eigenvalue weighted by molar-refractivity contribution is 0.0947. The smallest absolute Gasteiger partial charge is 0.186 e. The van der Waals surface area contributed by atoms with Gasteiger partial charge in [0.05, 0.1) is 21.5 Å². The average molecular weight is 328 g/mol. The van der Waals surface area contributed by atoms with Crippen molar-refractivity contribution in [1.82, 2.24) is 4.90 Å². The first kappa shape index (κ1) is 13.5. The molecule has 2 rings (SSSR count). The Balaban J connectivity index is 1.93. The Labute approximate surface area is 119 Å². The highest BCUT2D eigenvalue weighted by molar-refractivity contribution is 9.11. The lowest BCUT2D eigenvalue weighted by atomic mass is 10.2. The fraction of sp³-hybridized carbons (Fsp3) is 0.308. The van der Waals surface area contributed by atoms with Crippen LogP contribution < -0.4 is 0 Å². The van der Waals surface area contributed by atoms with Crippen LogP contribution in [-0.4, -0.2) is 24.3 Å². The van der Waals surface area contributed by atoms with Crippen LogP contribution in [0.4, 0.5) is 0 Å². The summed E-state index contributed by atoms with van der Waals surface area (Å²) >= 11 is 4.84. The molecule has 0 aliphatic carbocycles. The molecule has 2 heterocycles. The molecule has 0 bridgehead atoms. The summed E-state index contributed by atoms with van der Waals surface area (Å²) < 4.78 is 6.23. The molecular weight excluding hydrogens is 314 g/mol. The number of halogens is 1. The van der Waals surface area contributed by atoms with Gasteiger partial charge in [-0.1, -0.05) is 0 Å². The molecule has 0 saturated carbocycles. The molecule has 3 nitrogen and oxygen atoms in total. The van der Waals surface area contributed by atoms with E-state index in [2.05, 4.69) is 15.9 Å². The maximum absolute atomic E-state index is 12.0. The van der Waals surface area contributed by atoms with Crippen LogP contribution in [-0.2, 0) is 6.54 Å². The Hall–Kier alpha value is -0.910. The Morgan fingerprint density at radius 1 is 1.44 bits per heavy atom. The third-order valence-electron chi connectivity index (χ3n) is 2.67. The van der Waals surface area contributed by atoms with Gasteiger partial charge in [0.25, 0.3) is 0 Å². The molecule has 0 unspecified atom stereocenters. The van der Waals surface area contributed by atoms with Crippen molar-refractivity contribution in [3.05, 3.63) is 44.4 Å². The van der Waals surface area contributed by atoms with Crippen LogP contribution in [0.25, 0.3) is 0 Å². The predicted octanol–water partition coefficient (Wildman–Crippen LogP) is 3.73. The van der Waals surface area contributed by atoms with Crippen LogP contribution >= 0.6 is 27.3 Å². The van der Waals surface area contributed by atoms with Gasteiger partial charge in [-0.2, -0.15) is 0 Å². The number of rotatable bonds is 5. The van der Waals surface area contributed by atoms with E-state index in [1.807, 2.05) is 37.1 Å². The number of Topliss-reactive ketones (excluding diaryl/α,β-unsaturated/α-hetero) is 1. The Morgan fingerprint density at radius 2 is 2.22 bits per heavy atom. The van der Waals surface area contributed by atoms with Gasteiger partial charge in [0.2, 0.25) is 0 Å². The van der Waals surface area contributed by atoms with Crippen LogP contribution in [0.3, 0.4) is 0 Å². The molecule has 0 N–H and O–H groups in total. The molecule has 18 heavy (non-hydrogen) atoms. The van der Waals surface area contributed by atoms with E-state index >= 15 is 0 Å². The number of hydrogen-bond acceptors (Lipinski definition) is 4. The number of ketones is 1. The summed E-state index contributed by atoms with van der Waals surface area (Å²) in [5, 5.41) is 0. The highest BCUT2D eigenvalue weighted by Crippen LogP contribution is 2.22. The molecule has 5 heteroatoms. The van der Waals surface area contributed by atoms with E-state index in [0.717, 1.165) is 26.5 Å². The van der Waals surface area contributed by atoms with Crippen molar-refractivity contribution in [2.24, 2.45) is 0 Å². The van der Waals surface area contributed by atoms with E-state index in [1.165, 1.54) is 11.3 Å². The molecule has 0 aliphatic heterocycles. The van der Waals surface area contributed by atoms with Crippen molar-refractivity contribution in [2.75, 3.05) is 13.6 Å². The molecular formula is C13H14BrNO2S. The average Bonchev–Trinajstić information content (AvgIpc) is 2.89. The van der Waals surface area contributed by atoms with Crippen molar-refractivity contribution in [2.45, 2.75) is 13.5 Å². The topological polar surface area (TPSA) is 33.5 Å². The second-order valence-corrected chi connectivity index (χ2v) is 6.66. The molecule has 0 fully saturated rings. The van der Waals surface area contributed by atoms with Gasteiger partial charge in [0.1, 0.15) is 5.76 Å². The van der Waals surface area contributed by atoms with Crippen LogP contribution in [0.5, 0.6) is 0 Å². The molecule has 96 valence electrons. The number of carbonyl (C=O) groups excluding carboxylic acids is 1. The third kappa shape index (κ3) is 3.31. The molecule has 0 aliphatic rings. The number of hydrogen-bond donors (Lipinski definition) is 0. The Morgan fingerprint density at radius 3 is 2.78 bits per heavy atom. The van der Waals surface area contributed by atoms with Crippen molar-refractivity contribution >= 4 is 33.0 Å². The second kappa shape index (κ2) is 5.82. The number of likely N-dealkylation sites (N-methyl/N-ethyl adjacent to an activating group) is 1. The number of thiophene rings is 1. The monoisotopic (exact) mass is 327 g/mol. The second-order valence-electron chi connectivity index (χ2n) is 4.20. The van der Waals surface area contributed by atoms with Gasteiger partial charge in [-0.05, 0) is 48.1 Å². The first-order valence-corrected chi connectivity index (χ1v) is 7.17. The summed E-state index contributed by atoms with van der Waals surface area (Å²) in [6.45, 7) is 3.07. The van der Waals surface area contributed by atoms with Gasteiger partial charge in [-0.15, -0.1) is 11.3 Å². The zero-order chi connectivity index (χ0) is 13.1. The van der Waals surface area contributed by atoms with Gasteiger partial charge in [-0.3, -0.25) is 9.69 Å². The quantitative estimate of drug-likeness (QED) is 0.784. The maximum Gasteiger partial charge on any atom is 0.186 e. The summed E-state index contributed by atoms with van der Waals surface area (Å²) in [7, 11) is 1.94. The van der Waals surface area contributed by atoms with Crippen molar-refractivity contribution in [3.63, 3.8) is 0 Å².